The maximum absolute atomic E-state index is 12.7. The zero-order valence-electron chi connectivity index (χ0n) is 17.4. The summed E-state index contributed by atoms with van der Waals surface area (Å²) in [7, 11) is 0. The number of rotatable bonds is 5. The van der Waals surface area contributed by atoms with Crippen molar-refractivity contribution in [2.45, 2.75) is 40.0 Å². The number of likely N-dealkylation sites (tertiary alicyclic amines) is 1. The number of morpholine rings is 1. The Morgan fingerprint density at radius 3 is 2.54 bits per heavy atom. The molecule has 2 saturated heterocycles. The van der Waals surface area contributed by atoms with Crippen LogP contribution in [0.15, 0.2) is 4.99 Å². The van der Waals surface area contributed by atoms with Crippen LogP contribution in [0.5, 0.6) is 0 Å². The smallest absolute Gasteiger partial charge is 0.225 e. The minimum Gasteiger partial charge on any atom is -0.378 e. The molecule has 0 bridgehead atoms. The van der Waals surface area contributed by atoms with E-state index in [4.69, 9.17) is 9.73 Å². The molecule has 3 rings (SSSR count). The molecule has 0 atom stereocenters. The predicted molar refractivity (Wildman–Crippen MR) is 113 cm³/mol. The van der Waals surface area contributed by atoms with Crippen molar-refractivity contribution in [3.8, 4) is 0 Å². The Balaban J connectivity index is 1.52. The third-order valence-corrected chi connectivity index (χ3v) is 6.53. The highest BCUT2D eigenvalue weighted by Gasteiger charge is 2.30. The first-order chi connectivity index (χ1) is 13.6. The average molecular weight is 408 g/mol. The SMILES string of the molecule is CCNC(=NCCc1sc(C)nc1C)N1CCC(C(=O)N2CCOCC2)CC1. The predicted octanol–water partition coefficient (Wildman–Crippen LogP) is 1.84. The molecule has 1 aromatic rings. The number of hydrogen-bond donors (Lipinski definition) is 1. The van der Waals surface area contributed by atoms with Gasteiger partial charge in [-0.1, -0.05) is 0 Å². The maximum Gasteiger partial charge on any atom is 0.225 e. The molecular weight excluding hydrogens is 374 g/mol. The summed E-state index contributed by atoms with van der Waals surface area (Å²) in [4.78, 5) is 27.7. The standard InChI is InChI=1S/C20H33N5O2S/c1-4-21-20(22-8-5-18-15(2)23-16(3)28-18)25-9-6-17(7-10-25)19(26)24-11-13-27-14-12-24/h17H,4-14H2,1-3H3,(H,21,22). The van der Waals surface area contributed by atoms with Gasteiger partial charge in [-0.15, -0.1) is 11.3 Å². The lowest BCUT2D eigenvalue weighted by Gasteiger charge is -2.36. The van der Waals surface area contributed by atoms with Crippen molar-refractivity contribution < 1.29 is 9.53 Å². The van der Waals surface area contributed by atoms with Gasteiger partial charge < -0.3 is 19.9 Å². The highest BCUT2D eigenvalue weighted by Crippen LogP contribution is 2.21. The van der Waals surface area contributed by atoms with E-state index in [1.54, 1.807) is 11.3 Å². The van der Waals surface area contributed by atoms with Gasteiger partial charge in [0, 0.05) is 56.5 Å². The van der Waals surface area contributed by atoms with Crippen molar-refractivity contribution in [2.24, 2.45) is 10.9 Å². The van der Waals surface area contributed by atoms with Gasteiger partial charge in [-0.25, -0.2) is 4.98 Å². The summed E-state index contributed by atoms with van der Waals surface area (Å²) in [6, 6.07) is 0. The maximum atomic E-state index is 12.7. The largest absolute Gasteiger partial charge is 0.378 e. The molecule has 0 aromatic carbocycles. The van der Waals surface area contributed by atoms with Gasteiger partial charge in [-0.05, 0) is 33.6 Å². The molecule has 0 radical (unpaired) electrons. The minimum absolute atomic E-state index is 0.139. The second-order valence-corrected chi connectivity index (χ2v) is 8.71. The van der Waals surface area contributed by atoms with Gasteiger partial charge in [0.2, 0.25) is 5.91 Å². The number of aliphatic imine (C=N–C) groups is 1. The fourth-order valence-electron chi connectivity index (χ4n) is 3.87. The summed E-state index contributed by atoms with van der Waals surface area (Å²) in [6.07, 6.45) is 2.72. The number of carbonyl (C=O) groups is 1. The minimum atomic E-state index is 0.139. The number of aromatic nitrogens is 1. The third-order valence-electron chi connectivity index (χ3n) is 5.40. The number of aryl methyl sites for hydroxylation is 2. The Bertz CT molecular complexity index is 676. The lowest BCUT2D eigenvalue weighted by molar-refractivity contribution is -0.140. The van der Waals surface area contributed by atoms with E-state index in [1.807, 2.05) is 4.90 Å². The van der Waals surface area contributed by atoms with E-state index in [-0.39, 0.29) is 5.92 Å². The van der Waals surface area contributed by atoms with Crippen LogP contribution in [0.3, 0.4) is 0 Å². The van der Waals surface area contributed by atoms with Crippen molar-refractivity contribution in [3.05, 3.63) is 15.6 Å². The van der Waals surface area contributed by atoms with Crippen LogP contribution in [-0.4, -0.2) is 79.1 Å². The van der Waals surface area contributed by atoms with E-state index < -0.39 is 0 Å². The van der Waals surface area contributed by atoms with Gasteiger partial charge in [0.1, 0.15) is 0 Å². The second kappa shape index (κ2) is 10.2. The van der Waals surface area contributed by atoms with E-state index in [2.05, 4.69) is 36.0 Å². The molecule has 0 saturated carbocycles. The van der Waals surface area contributed by atoms with Crippen molar-refractivity contribution in [2.75, 3.05) is 52.5 Å². The van der Waals surface area contributed by atoms with Crippen LogP contribution in [0.1, 0.15) is 35.3 Å². The number of hydrogen-bond acceptors (Lipinski definition) is 5. The average Bonchev–Trinajstić information content (AvgIpc) is 3.04. The zero-order valence-corrected chi connectivity index (χ0v) is 18.2. The molecular formula is C20H33N5O2S. The van der Waals surface area contributed by atoms with Gasteiger partial charge in [0.15, 0.2) is 5.96 Å². The van der Waals surface area contributed by atoms with Gasteiger partial charge in [-0.3, -0.25) is 9.79 Å². The molecule has 156 valence electrons. The van der Waals surface area contributed by atoms with Gasteiger partial charge >= 0.3 is 0 Å². The van der Waals surface area contributed by atoms with Gasteiger partial charge in [0.25, 0.3) is 0 Å². The summed E-state index contributed by atoms with van der Waals surface area (Å²) >= 11 is 1.77. The van der Waals surface area contributed by atoms with Crippen LogP contribution in [0.2, 0.25) is 0 Å². The summed E-state index contributed by atoms with van der Waals surface area (Å²) < 4.78 is 5.36. The monoisotopic (exact) mass is 407 g/mol. The quantitative estimate of drug-likeness (QED) is 0.596. The van der Waals surface area contributed by atoms with Crippen LogP contribution in [0, 0.1) is 19.8 Å². The number of nitrogens with one attached hydrogen (secondary N) is 1. The van der Waals surface area contributed by atoms with Crippen molar-refractivity contribution in [1.29, 1.82) is 0 Å². The number of amides is 1. The lowest BCUT2D eigenvalue weighted by Crippen LogP contribution is -2.50. The normalized spacial score (nSPS) is 19.2. The molecule has 3 heterocycles. The first-order valence-electron chi connectivity index (χ1n) is 10.4. The fraction of sp³-hybridized carbons (Fsp3) is 0.750. The van der Waals surface area contributed by atoms with E-state index in [9.17, 15) is 4.79 Å². The molecule has 2 aliphatic rings. The third kappa shape index (κ3) is 5.44. The number of nitrogens with zero attached hydrogens (tertiary/aromatic N) is 4. The van der Waals surface area contributed by atoms with Crippen LogP contribution in [0.25, 0.3) is 0 Å². The molecule has 28 heavy (non-hydrogen) atoms. The van der Waals surface area contributed by atoms with Crippen LogP contribution in [-0.2, 0) is 16.0 Å². The van der Waals surface area contributed by atoms with Gasteiger partial charge in [-0.2, -0.15) is 0 Å². The first-order valence-corrected chi connectivity index (χ1v) is 11.2. The molecule has 1 N–H and O–H groups in total. The molecule has 7 nitrogen and oxygen atoms in total. The van der Waals surface area contributed by atoms with Crippen molar-refractivity contribution in [3.63, 3.8) is 0 Å². The topological polar surface area (TPSA) is 70.1 Å². The highest BCUT2D eigenvalue weighted by molar-refractivity contribution is 7.11. The van der Waals surface area contributed by atoms with Crippen LogP contribution >= 0.6 is 11.3 Å². The summed E-state index contributed by atoms with van der Waals surface area (Å²) in [5, 5.41) is 4.54. The van der Waals surface area contributed by atoms with Crippen LogP contribution < -0.4 is 5.32 Å². The first kappa shape index (κ1) is 21.0. The second-order valence-electron chi connectivity index (χ2n) is 7.43. The van der Waals surface area contributed by atoms with E-state index >= 15 is 0 Å². The Morgan fingerprint density at radius 2 is 1.93 bits per heavy atom. The molecule has 0 spiro atoms. The molecule has 1 amide bonds. The summed E-state index contributed by atoms with van der Waals surface area (Å²) in [6.45, 7) is 12.4. The van der Waals surface area contributed by atoms with E-state index in [1.165, 1.54) is 4.88 Å². The molecule has 0 unspecified atom stereocenters. The molecule has 0 aliphatic carbocycles. The highest BCUT2D eigenvalue weighted by atomic mass is 32.1. The number of ether oxygens (including phenoxy) is 1. The zero-order chi connectivity index (χ0) is 19.9. The number of piperidine rings is 1. The molecule has 1 aromatic heterocycles. The molecule has 2 fully saturated rings. The molecule has 2 aliphatic heterocycles. The Hall–Kier alpha value is -1.67. The van der Waals surface area contributed by atoms with Crippen molar-refractivity contribution >= 4 is 23.2 Å². The van der Waals surface area contributed by atoms with Crippen molar-refractivity contribution in [1.82, 2.24) is 20.1 Å². The summed E-state index contributed by atoms with van der Waals surface area (Å²) in [5.74, 6) is 1.42. The number of carbonyl (C=O) groups excluding carboxylic acids is 1. The fourth-order valence-corrected chi connectivity index (χ4v) is 4.80. The number of guanidine groups is 1. The number of thiazole rings is 1. The molecule has 8 heteroatoms. The van der Waals surface area contributed by atoms with Gasteiger partial charge in [0.05, 0.1) is 23.9 Å². The lowest BCUT2D eigenvalue weighted by atomic mass is 9.95. The van der Waals surface area contributed by atoms with E-state index in [0.717, 1.165) is 75.2 Å². The Kier molecular flexibility index (Phi) is 7.67. The Morgan fingerprint density at radius 1 is 1.21 bits per heavy atom. The van der Waals surface area contributed by atoms with E-state index in [0.29, 0.717) is 19.1 Å². The van der Waals surface area contributed by atoms with Crippen LogP contribution in [0.4, 0.5) is 0 Å². The summed E-state index contributed by atoms with van der Waals surface area (Å²) in [5.41, 5.74) is 1.13. The Labute approximate surface area is 172 Å².